The number of benzene rings is 2. The average Bonchev–Trinajstić information content (AvgIpc) is 3.28. The predicted molar refractivity (Wildman–Crippen MR) is 136 cm³/mol. The third-order valence-electron chi connectivity index (χ3n) is 6.47. The first-order valence-corrected chi connectivity index (χ1v) is 12.9. The molecule has 2 saturated heterocycles. The third kappa shape index (κ3) is 4.89. The van der Waals surface area contributed by atoms with Gasteiger partial charge in [-0.15, -0.1) is 0 Å². The van der Waals surface area contributed by atoms with Gasteiger partial charge in [0.1, 0.15) is 5.75 Å². The molecule has 2 aliphatic heterocycles. The lowest BCUT2D eigenvalue weighted by molar-refractivity contribution is -0.136. The minimum atomic E-state index is 0.0301. The van der Waals surface area contributed by atoms with Gasteiger partial charge in [-0.2, -0.15) is 0 Å². The molecule has 1 unspecified atom stereocenters. The van der Waals surface area contributed by atoms with E-state index in [0.29, 0.717) is 6.61 Å². The van der Waals surface area contributed by atoms with Gasteiger partial charge in [-0.25, -0.2) is 4.98 Å². The Morgan fingerprint density at radius 1 is 1.12 bits per heavy atom. The second-order valence-electron chi connectivity index (χ2n) is 8.64. The molecule has 3 heterocycles. The first-order chi connectivity index (χ1) is 16.1. The number of thiazole rings is 1. The second kappa shape index (κ2) is 9.77. The molecule has 2 fully saturated rings. The number of halogens is 1. The molecule has 3 aromatic rings. The van der Waals surface area contributed by atoms with E-state index >= 15 is 0 Å². The number of fused-ring (bicyclic) bond motifs is 1. The lowest BCUT2D eigenvalue weighted by atomic mass is 9.96. The zero-order valence-electron chi connectivity index (χ0n) is 18.9. The standard InChI is InChI=1S/C25H29ClN4O2S/c1-2-32-21-8-9-22-23(16-21)33-25(27-22)30-10-4-5-18(17-30)24(31)29-13-11-28(12-14-29)20-7-3-6-19(26)15-20/h3,6-9,15-16,18H,2,4-5,10-14,17H2,1H3. The van der Waals surface area contributed by atoms with E-state index in [1.807, 2.05) is 42.2 Å². The molecule has 2 aromatic carbocycles. The average molecular weight is 485 g/mol. The molecule has 174 valence electrons. The Kier molecular flexibility index (Phi) is 6.60. The van der Waals surface area contributed by atoms with Crippen LogP contribution in [0, 0.1) is 5.92 Å². The number of amides is 1. The Hall–Kier alpha value is -2.51. The summed E-state index contributed by atoms with van der Waals surface area (Å²) in [5.41, 5.74) is 2.12. The molecule has 0 aliphatic carbocycles. The molecule has 0 saturated carbocycles. The van der Waals surface area contributed by atoms with Gasteiger partial charge in [-0.1, -0.05) is 29.0 Å². The van der Waals surface area contributed by atoms with Crippen LogP contribution in [-0.2, 0) is 4.79 Å². The van der Waals surface area contributed by atoms with Crippen LogP contribution in [-0.4, -0.2) is 61.7 Å². The van der Waals surface area contributed by atoms with E-state index in [9.17, 15) is 4.79 Å². The summed E-state index contributed by atoms with van der Waals surface area (Å²) in [5, 5.41) is 1.75. The number of piperazine rings is 1. The number of piperidine rings is 1. The molecule has 8 heteroatoms. The maximum absolute atomic E-state index is 13.3. The van der Waals surface area contributed by atoms with Gasteiger partial charge in [0.05, 0.1) is 22.7 Å². The quantitative estimate of drug-likeness (QED) is 0.514. The minimum Gasteiger partial charge on any atom is -0.494 e. The van der Waals surface area contributed by atoms with Crippen molar-refractivity contribution in [3.8, 4) is 5.75 Å². The van der Waals surface area contributed by atoms with Gasteiger partial charge in [0.25, 0.3) is 0 Å². The van der Waals surface area contributed by atoms with E-state index in [-0.39, 0.29) is 11.8 Å². The van der Waals surface area contributed by atoms with Crippen LogP contribution in [0.2, 0.25) is 5.02 Å². The SMILES string of the molecule is CCOc1ccc2nc(N3CCCC(C(=O)N4CCN(c5cccc(Cl)c5)CC4)C3)sc2c1. The summed E-state index contributed by atoms with van der Waals surface area (Å²) < 4.78 is 6.76. The number of hydrogen-bond donors (Lipinski definition) is 0. The highest BCUT2D eigenvalue weighted by molar-refractivity contribution is 7.22. The molecule has 6 nitrogen and oxygen atoms in total. The first-order valence-electron chi connectivity index (χ1n) is 11.7. The molecule has 0 radical (unpaired) electrons. The van der Waals surface area contributed by atoms with E-state index in [2.05, 4.69) is 21.9 Å². The van der Waals surface area contributed by atoms with E-state index in [1.54, 1.807) is 11.3 Å². The molecule has 0 spiro atoms. The topological polar surface area (TPSA) is 48.9 Å². The van der Waals surface area contributed by atoms with Crippen molar-refractivity contribution >= 4 is 49.9 Å². The van der Waals surface area contributed by atoms with Crippen LogP contribution in [0.25, 0.3) is 10.2 Å². The fourth-order valence-corrected chi connectivity index (χ4v) is 5.97. The van der Waals surface area contributed by atoms with Crippen LogP contribution in [0.1, 0.15) is 19.8 Å². The summed E-state index contributed by atoms with van der Waals surface area (Å²) >= 11 is 7.83. The molecule has 0 bridgehead atoms. The zero-order valence-corrected chi connectivity index (χ0v) is 20.4. The van der Waals surface area contributed by atoms with Crippen LogP contribution < -0.4 is 14.5 Å². The first kappa shape index (κ1) is 22.3. The highest BCUT2D eigenvalue weighted by Gasteiger charge is 2.32. The Balaban J connectivity index is 1.22. The number of ether oxygens (including phenoxy) is 1. The Morgan fingerprint density at radius 2 is 1.97 bits per heavy atom. The van der Waals surface area contributed by atoms with Gasteiger partial charge in [0, 0.05) is 50.0 Å². The van der Waals surface area contributed by atoms with Crippen molar-refractivity contribution in [2.45, 2.75) is 19.8 Å². The minimum absolute atomic E-state index is 0.0301. The second-order valence-corrected chi connectivity index (χ2v) is 10.1. The van der Waals surface area contributed by atoms with Crippen molar-refractivity contribution in [2.75, 3.05) is 55.7 Å². The maximum atomic E-state index is 13.3. The lowest BCUT2D eigenvalue weighted by Gasteiger charge is -2.39. The fourth-order valence-electron chi connectivity index (χ4n) is 4.75. The largest absolute Gasteiger partial charge is 0.494 e. The normalized spacial score (nSPS) is 19.2. The van der Waals surface area contributed by atoms with Crippen LogP contribution >= 0.6 is 22.9 Å². The summed E-state index contributed by atoms with van der Waals surface area (Å²) in [7, 11) is 0. The van der Waals surface area contributed by atoms with E-state index in [4.69, 9.17) is 21.3 Å². The monoisotopic (exact) mass is 484 g/mol. The number of rotatable bonds is 5. The Bertz CT molecular complexity index is 1130. The Morgan fingerprint density at radius 3 is 2.76 bits per heavy atom. The van der Waals surface area contributed by atoms with Crippen molar-refractivity contribution in [1.29, 1.82) is 0 Å². The Labute approximate surface area is 203 Å². The third-order valence-corrected chi connectivity index (χ3v) is 7.78. The van der Waals surface area contributed by atoms with Crippen LogP contribution in [0.15, 0.2) is 42.5 Å². The molecule has 33 heavy (non-hydrogen) atoms. The van der Waals surface area contributed by atoms with Crippen LogP contribution in [0.4, 0.5) is 10.8 Å². The predicted octanol–water partition coefficient (Wildman–Crippen LogP) is 4.91. The maximum Gasteiger partial charge on any atom is 0.227 e. The van der Waals surface area contributed by atoms with Crippen molar-refractivity contribution in [2.24, 2.45) is 5.92 Å². The van der Waals surface area contributed by atoms with Crippen LogP contribution in [0.3, 0.4) is 0 Å². The molecular weight excluding hydrogens is 456 g/mol. The van der Waals surface area contributed by atoms with Gasteiger partial charge >= 0.3 is 0 Å². The molecule has 5 rings (SSSR count). The summed E-state index contributed by atoms with van der Waals surface area (Å²) in [6.45, 7) is 7.51. The molecule has 1 aromatic heterocycles. The van der Waals surface area contributed by atoms with E-state index < -0.39 is 0 Å². The van der Waals surface area contributed by atoms with Gasteiger partial charge < -0.3 is 19.4 Å². The molecular formula is C25H29ClN4O2S. The molecule has 1 amide bonds. The van der Waals surface area contributed by atoms with Crippen LogP contribution in [0.5, 0.6) is 5.75 Å². The van der Waals surface area contributed by atoms with Crippen molar-refractivity contribution in [3.63, 3.8) is 0 Å². The zero-order chi connectivity index (χ0) is 22.8. The molecule has 0 N–H and O–H groups in total. The smallest absolute Gasteiger partial charge is 0.227 e. The van der Waals surface area contributed by atoms with Crippen molar-refractivity contribution in [1.82, 2.24) is 9.88 Å². The number of nitrogens with zero attached hydrogens (tertiary/aromatic N) is 4. The summed E-state index contributed by atoms with van der Waals surface area (Å²) in [4.78, 5) is 24.8. The van der Waals surface area contributed by atoms with Crippen molar-refractivity contribution < 1.29 is 9.53 Å². The molecule has 1 atom stereocenters. The lowest BCUT2D eigenvalue weighted by Crippen LogP contribution is -2.52. The van der Waals surface area contributed by atoms with Gasteiger partial charge in [-0.05, 0) is 56.2 Å². The number of anilines is 2. The summed E-state index contributed by atoms with van der Waals surface area (Å²) in [6.07, 6.45) is 1.96. The number of carbonyl (C=O) groups is 1. The highest BCUT2D eigenvalue weighted by atomic mass is 35.5. The van der Waals surface area contributed by atoms with Crippen molar-refractivity contribution in [3.05, 3.63) is 47.5 Å². The fraction of sp³-hybridized carbons (Fsp3) is 0.440. The highest BCUT2D eigenvalue weighted by Crippen LogP contribution is 2.34. The summed E-state index contributed by atoms with van der Waals surface area (Å²) in [5.74, 6) is 1.19. The van der Waals surface area contributed by atoms with Gasteiger partial charge in [0.15, 0.2) is 5.13 Å². The number of hydrogen-bond acceptors (Lipinski definition) is 6. The number of carbonyl (C=O) groups excluding carboxylic acids is 1. The van der Waals surface area contributed by atoms with E-state index in [0.717, 1.165) is 83.9 Å². The van der Waals surface area contributed by atoms with Gasteiger partial charge in [-0.3, -0.25) is 4.79 Å². The van der Waals surface area contributed by atoms with Gasteiger partial charge in [0.2, 0.25) is 5.91 Å². The number of aromatic nitrogens is 1. The molecule has 2 aliphatic rings. The summed E-state index contributed by atoms with van der Waals surface area (Å²) in [6, 6.07) is 14.0. The van der Waals surface area contributed by atoms with E-state index in [1.165, 1.54) is 0 Å².